The highest BCUT2D eigenvalue weighted by molar-refractivity contribution is 5.95. The third kappa shape index (κ3) is 3.96. The van der Waals surface area contributed by atoms with Gasteiger partial charge in [0.25, 0.3) is 0 Å². The number of aromatic nitrogens is 4. The molecule has 0 saturated carbocycles. The summed E-state index contributed by atoms with van der Waals surface area (Å²) in [6.07, 6.45) is 5.88. The van der Waals surface area contributed by atoms with Crippen molar-refractivity contribution in [3.05, 3.63) is 65.5 Å². The van der Waals surface area contributed by atoms with E-state index in [9.17, 15) is 9.90 Å². The van der Waals surface area contributed by atoms with E-state index in [0.717, 1.165) is 42.2 Å². The fourth-order valence-electron chi connectivity index (χ4n) is 2.92. The minimum Gasteiger partial charge on any atom is -0.478 e. The Labute approximate surface area is 152 Å². The fraction of sp³-hybridized carbons (Fsp3) is 0.300. The van der Waals surface area contributed by atoms with Crippen LogP contribution in [-0.2, 0) is 13.0 Å². The predicted molar refractivity (Wildman–Crippen MR) is 99.1 cm³/mol. The Bertz CT molecular complexity index is 900. The average molecular weight is 350 g/mol. The molecule has 1 aromatic carbocycles. The van der Waals surface area contributed by atoms with Gasteiger partial charge in [0.1, 0.15) is 11.6 Å². The molecular formula is C20H22N4O2. The molecule has 2 heterocycles. The summed E-state index contributed by atoms with van der Waals surface area (Å²) in [4.78, 5) is 19.8. The lowest BCUT2D eigenvalue weighted by molar-refractivity contribution is 0.0697. The van der Waals surface area contributed by atoms with Gasteiger partial charge in [-0.25, -0.2) is 14.5 Å². The lowest BCUT2D eigenvalue weighted by Crippen LogP contribution is -2.06. The maximum Gasteiger partial charge on any atom is 0.337 e. The van der Waals surface area contributed by atoms with Crippen molar-refractivity contribution >= 4 is 5.97 Å². The van der Waals surface area contributed by atoms with E-state index in [1.54, 1.807) is 12.3 Å². The number of aryl methyl sites for hydroxylation is 2. The number of carboxylic acid groups (broad SMARTS) is 1. The highest BCUT2D eigenvalue weighted by Gasteiger charge is 2.12. The van der Waals surface area contributed by atoms with Crippen LogP contribution in [0, 0.1) is 6.92 Å². The summed E-state index contributed by atoms with van der Waals surface area (Å²) in [5, 5.41) is 13.8. The minimum atomic E-state index is -0.975. The third-order valence-corrected chi connectivity index (χ3v) is 4.26. The van der Waals surface area contributed by atoms with Crippen molar-refractivity contribution in [2.24, 2.45) is 0 Å². The SMILES string of the molecule is CCCCn1nc(C)nc1Cc1ccc(-c2ccncc2C(=O)O)cc1. The van der Waals surface area contributed by atoms with Crippen molar-refractivity contribution in [3.8, 4) is 11.1 Å². The number of unbranched alkanes of at least 4 members (excludes halogenated alkanes) is 1. The van der Waals surface area contributed by atoms with Crippen LogP contribution in [0.2, 0.25) is 0 Å². The Morgan fingerprint density at radius 3 is 2.65 bits per heavy atom. The molecule has 6 nitrogen and oxygen atoms in total. The summed E-state index contributed by atoms with van der Waals surface area (Å²) in [5.74, 6) is 0.770. The number of carboxylic acids is 1. The van der Waals surface area contributed by atoms with E-state index in [0.29, 0.717) is 12.0 Å². The van der Waals surface area contributed by atoms with Crippen molar-refractivity contribution in [2.75, 3.05) is 0 Å². The summed E-state index contributed by atoms with van der Waals surface area (Å²) >= 11 is 0. The van der Waals surface area contributed by atoms with Gasteiger partial charge in [0.05, 0.1) is 5.56 Å². The molecule has 3 rings (SSSR count). The van der Waals surface area contributed by atoms with E-state index in [-0.39, 0.29) is 5.56 Å². The van der Waals surface area contributed by atoms with Crippen LogP contribution in [0.1, 0.15) is 47.3 Å². The van der Waals surface area contributed by atoms with Crippen LogP contribution in [0.15, 0.2) is 42.7 Å². The van der Waals surface area contributed by atoms with Crippen molar-refractivity contribution in [1.82, 2.24) is 19.7 Å². The maximum absolute atomic E-state index is 11.4. The molecule has 6 heteroatoms. The molecule has 0 aliphatic rings. The van der Waals surface area contributed by atoms with Crippen LogP contribution in [0.4, 0.5) is 0 Å². The summed E-state index contributed by atoms with van der Waals surface area (Å²) < 4.78 is 1.98. The Morgan fingerprint density at radius 1 is 1.19 bits per heavy atom. The zero-order chi connectivity index (χ0) is 18.5. The van der Waals surface area contributed by atoms with Crippen molar-refractivity contribution in [1.29, 1.82) is 0 Å². The first kappa shape index (κ1) is 17.8. The maximum atomic E-state index is 11.4. The molecule has 0 radical (unpaired) electrons. The van der Waals surface area contributed by atoms with E-state index >= 15 is 0 Å². The van der Waals surface area contributed by atoms with Gasteiger partial charge in [-0.15, -0.1) is 0 Å². The van der Waals surface area contributed by atoms with Gasteiger partial charge in [-0.05, 0) is 36.1 Å². The van der Waals surface area contributed by atoms with Gasteiger partial charge in [-0.3, -0.25) is 4.98 Å². The Morgan fingerprint density at radius 2 is 1.96 bits per heavy atom. The standard InChI is InChI=1S/C20H22N4O2/c1-3-4-11-24-19(22-14(2)23-24)12-15-5-7-16(8-6-15)17-9-10-21-13-18(17)20(25)26/h5-10,13H,3-4,11-12H2,1-2H3,(H,25,26). The lowest BCUT2D eigenvalue weighted by atomic mass is 10.00. The zero-order valence-electron chi connectivity index (χ0n) is 15.0. The van der Waals surface area contributed by atoms with Gasteiger partial charge in [0, 0.05) is 25.4 Å². The second-order valence-electron chi connectivity index (χ2n) is 6.25. The zero-order valence-corrected chi connectivity index (χ0v) is 15.0. The molecule has 134 valence electrons. The highest BCUT2D eigenvalue weighted by Crippen LogP contribution is 2.24. The summed E-state index contributed by atoms with van der Waals surface area (Å²) in [5.41, 5.74) is 2.85. The van der Waals surface area contributed by atoms with Crippen LogP contribution >= 0.6 is 0 Å². The molecule has 26 heavy (non-hydrogen) atoms. The topological polar surface area (TPSA) is 80.9 Å². The number of hydrogen-bond donors (Lipinski definition) is 1. The molecule has 0 saturated heterocycles. The molecular weight excluding hydrogens is 328 g/mol. The van der Waals surface area contributed by atoms with Crippen LogP contribution < -0.4 is 0 Å². The lowest BCUT2D eigenvalue weighted by Gasteiger charge is -2.08. The number of nitrogens with zero attached hydrogens (tertiary/aromatic N) is 4. The molecule has 0 amide bonds. The third-order valence-electron chi connectivity index (χ3n) is 4.26. The average Bonchev–Trinajstić information content (AvgIpc) is 2.99. The Balaban J connectivity index is 1.82. The first-order valence-electron chi connectivity index (χ1n) is 8.75. The van der Waals surface area contributed by atoms with Gasteiger partial charge in [-0.2, -0.15) is 5.10 Å². The molecule has 0 unspecified atom stereocenters. The van der Waals surface area contributed by atoms with Gasteiger partial charge in [0.2, 0.25) is 0 Å². The van der Waals surface area contributed by atoms with Gasteiger partial charge >= 0.3 is 5.97 Å². The van der Waals surface area contributed by atoms with Crippen molar-refractivity contribution in [3.63, 3.8) is 0 Å². The van der Waals surface area contributed by atoms with Gasteiger partial charge in [0.15, 0.2) is 0 Å². The number of aromatic carboxylic acids is 1. The van der Waals surface area contributed by atoms with Gasteiger partial charge in [-0.1, -0.05) is 37.6 Å². The molecule has 0 bridgehead atoms. The van der Waals surface area contributed by atoms with Crippen molar-refractivity contribution in [2.45, 2.75) is 39.7 Å². The van der Waals surface area contributed by atoms with Crippen LogP contribution in [-0.4, -0.2) is 30.8 Å². The second-order valence-corrected chi connectivity index (χ2v) is 6.25. The summed E-state index contributed by atoms with van der Waals surface area (Å²) in [7, 11) is 0. The van der Waals surface area contributed by atoms with Gasteiger partial charge < -0.3 is 5.11 Å². The largest absolute Gasteiger partial charge is 0.478 e. The number of hydrogen-bond acceptors (Lipinski definition) is 4. The smallest absolute Gasteiger partial charge is 0.337 e. The Kier molecular flexibility index (Phi) is 5.41. The second kappa shape index (κ2) is 7.91. The molecule has 0 aliphatic carbocycles. The van der Waals surface area contributed by atoms with Crippen LogP contribution in [0.3, 0.4) is 0 Å². The molecule has 0 spiro atoms. The number of benzene rings is 1. The van der Waals surface area contributed by atoms with E-state index in [1.165, 1.54) is 6.20 Å². The summed E-state index contributed by atoms with van der Waals surface area (Å²) in [6, 6.07) is 9.63. The van der Waals surface area contributed by atoms with E-state index in [2.05, 4.69) is 22.0 Å². The highest BCUT2D eigenvalue weighted by atomic mass is 16.4. The van der Waals surface area contributed by atoms with E-state index < -0.39 is 5.97 Å². The molecule has 1 N–H and O–H groups in total. The van der Waals surface area contributed by atoms with E-state index in [1.807, 2.05) is 35.9 Å². The number of rotatable bonds is 7. The molecule has 0 aliphatic heterocycles. The van der Waals surface area contributed by atoms with Crippen LogP contribution in [0.5, 0.6) is 0 Å². The van der Waals surface area contributed by atoms with Crippen LogP contribution in [0.25, 0.3) is 11.1 Å². The summed E-state index contributed by atoms with van der Waals surface area (Å²) in [6.45, 7) is 4.95. The fourth-order valence-corrected chi connectivity index (χ4v) is 2.92. The first-order chi connectivity index (χ1) is 12.6. The molecule has 2 aromatic heterocycles. The molecule has 0 atom stereocenters. The minimum absolute atomic E-state index is 0.204. The molecule has 3 aromatic rings. The van der Waals surface area contributed by atoms with E-state index in [4.69, 9.17) is 0 Å². The first-order valence-corrected chi connectivity index (χ1v) is 8.75. The van der Waals surface area contributed by atoms with Crippen molar-refractivity contribution < 1.29 is 9.90 Å². The Hall–Kier alpha value is -3.02. The number of pyridine rings is 1. The molecule has 0 fully saturated rings. The normalized spacial score (nSPS) is 10.8. The quantitative estimate of drug-likeness (QED) is 0.702. The monoisotopic (exact) mass is 350 g/mol. The predicted octanol–water partition coefficient (Wildman–Crippen LogP) is 3.74. The number of carbonyl (C=O) groups is 1.